The van der Waals surface area contributed by atoms with Crippen LogP contribution in [0.2, 0.25) is 0 Å². The summed E-state index contributed by atoms with van der Waals surface area (Å²) < 4.78 is 4.93. The monoisotopic (exact) mass is 292 g/mol. The SMILES string of the molecule is COc1ccc(/C=N/Nc2nc(C)cs2)cc1[N+](=O)[O-]. The normalized spacial score (nSPS) is 10.7. The molecule has 0 aliphatic rings. The van der Waals surface area contributed by atoms with Crippen LogP contribution in [0.15, 0.2) is 28.7 Å². The lowest BCUT2D eigenvalue weighted by atomic mass is 10.2. The predicted molar refractivity (Wildman–Crippen MR) is 77.7 cm³/mol. The molecule has 2 rings (SSSR count). The molecule has 0 radical (unpaired) electrons. The van der Waals surface area contributed by atoms with Crippen LogP contribution in [-0.2, 0) is 0 Å². The van der Waals surface area contributed by atoms with Crippen LogP contribution in [0.4, 0.5) is 10.8 Å². The maximum atomic E-state index is 10.9. The molecule has 104 valence electrons. The maximum absolute atomic E-state index is 10.9. The maximum Gasteiger partial charge on any atom is 0.311 e. The zero-order chi connectivity index (χ0) is 14.5. The third-order valence-corrected chi connectivity index (χ3v) is 3.26. The number of anilines is 1. The van der Waals surface area contributed by atoms with Crippen LogP contribution in [0.1, 0.15) is 11.3 Å². The number of methoxy groups -OCH3 is 1. The van der Waals surface area contributed by atoms with E-state index in [-0.39, 0.29) is 11.4 Å². The number of nitrogens with zero attached hydrogens (tertiary/aromatic N) is 3. The van der Waals surface area contributed by atoms with Gasteiger partial charge in [0.05, 0.1) is 23.9 Å². The zero-order valence-corrected chi connectivity index (χ0v) is 11.7. The molecule has 0 bridgehead atoms. The van der Waals surface area contributed by atoms with E-state index in [2.05, 4.69) is 15.5 Å². The topological polar surface area (TPSA) is 89.7 Å². The standard InChI is InChI=1S/C12H12N4O3S/c1-8-7-20-12(14-8)15-13-6-9-3-4-11(19-2)10(5-9)16(17)18/h3-7H,1-2H3,(H,14,15)/b13-6+. The number of nitro benzene ring substituents is 1. The molecular formula is C12H12N4O3S. The molecule has 0 atom stereocenters. The van der Waals surface area contributed by atoms with E-state index < -0.39 is 4.92 Å². The second kappa shape index (κ2) is 6.11. The average Bonchev–Trinajstić information content (AvgIpc) is 2.84. The molecule has 0 aliphatic heterocycles. The number of aromatic nitrogens is 1. The lowest BCUT2D eigenvalue weighted by Crippen LogP contribution is -1.96. The molecule has 8 heteroatoms. The van der Waals surface area contributed by atoms with Crippen molar-refractivity contribution in [3.8, 4) is 5.75 Å². The minimum atomic E-state index is -0.492. The van der Waals surface area contributed by atoms with Crippen molar-refractivity contribution in [1.82, 2.24) is 4.98 Å². The molecule has 0 saturated carbocycles. The first-order valence-electron chi connectivity index (χ1n) is 5.64. The fourth-order valence-corrected chi connectivity index (χ4v) is 2.13. The fourth-order valence-electron chi connectivity index (χ4n) is 1.50. The largest absolute Gasteiger partial charge is 0.490 e. The lowest BCUT2D eigenvalue weighted by molar-refractivity contribution is -0.385. The zero-order valence-electron chi connectivity index (χ0n) is 10.9. The molecule has 0 saturated heterocycles. The molecule has 7 nitrogen and oxygen atoms in total. The number of aryl methyl sites for hydroxylation is 1. The van der Waals surface area contributed by atoms with E-state index in [1.54, 1.807) is 6.07 Å². The summed E-state index contributed by atoms with van der Waals surface area (Å²) in [6.45, 7) is 1.89. The highest BCUT2D eigenvalue weighted by molar-refractivity contribution is 7.13. The molecular weight excluding hydrogens is 280 g/mol. The van der Waals surface area contributed by atoms with Gasteiger partial charge in [-0.3, -0.25) is 15.5 Å². The van der Waals surface area contributed by atoms with Gasteiger partial charge in [-0.1, -0.05) is 0 Å². The van der Waals surface area contributed by atoms with Gasteiger partial charge in [-0.25, -0.2) is 4.98 Å². The van der Waals surface area contributed by atoms with Crippen LogP contribution in [0, 0.1) is 17.0 Å². The Morgan fingerprint density at radius 2 is 2.35 bits per heavy atom. The van der Waals surface area contributed by atoms with Gasteiger partial charge in [0.25, 0.3) is 0 Å². The Hall–Kier alpha value is -2.48. The Bertz CT molecular complexity index is 654. The molecule has 1 aromatic heterocycles. The van der Waals surface area contributed by atoms with E-state index in [0.29, 0.717) is 10.7 Å². The molecule has 0 aliphatic carbocycles. The molecule has 0 unspecified atom stereocenters. The number of hydrogen-bond donors (Lipinski definition) is 1. The minimum absolute atomic E-state index is 0.0958. The van der Waals surface area contributed by atoms with Gasteiger partial charge in [0.2, 0.25) is 5.13 Å². The van der Waals surface area contributed by atoms with E-state index in [0.717, 1.165) is 5.69 Å². The van der Waals surface area contributed by atoms with Gasteiger partial charge >= 0.3 is 5.69 Å². The van der Waals surface area contributed by atoms with Crippen LogP contribution in [0.25, 0.3) is 0 Å². The van der Waals surface area contributed by atoms with E-state index in [9.17, 15) is 10.1 Å². The van der Waals surface area contributed by atoms with E-state index in [4.69, 9.17) is 4.74 Å². The molecule has 20 heavy (non-hydrogen) atoms. The van der Waals surface area contributed by atoms with E-state index in [1.165, 1.54) is 36.8 Å². The molecule has 0 amide bonds. The van der Waals surface area contributed by atoms with Crippen LogP contribution >= 0.6 is 11.3 Å². The molecule has 1 N–H and O–H groups in total. The second-order valence-electron chi connectivity index (χ2n) is 3.85. The van der Waals surface area contributed by atoms with Gasteiger partial charge in [0.15, 0.2) is 5.75 Å². The molecule has 2 aromatic rings. The second-order valence-corrected chi connectivity index (χ2v) is 4.71. The average molecular weight is 292 g/mol. The van der Waals surface area contributed by atoms with Gasteiger partial charge in [0.1, 0.15) is 0 Å². The molecule has 1 heterocycles. The highest BCUT2D eigenvalue weighted by Crippen LogP contribution is 2.26. The number of rotatable bonds is 5. The summed E-state index contributed by atoms with van der Waals surface area (Å²) in [5.74, 6) is 0.218. The van der Waals surface area contributed by atoms with E-state index >= 15 is 0 Å². The van der Waals surface area contributed by atoms with Crippen molar-refractivity contribution in [3.05, 3.63) is 45.0 Å². The van der Waals surface area contributed by atoms with E-state index in [1.807, 2.05) is 12.3 Å². The van der Waals surface area contributed by atoms with Crippen LogP contribution in [0.5, 0.6) is 5.75 Å². The van der Waals surface area contributed by atoms with Gasteiger partial charge < -0.3 is 4.74 Å². The lowest BCUT2D eigenvalue weighted by Gasteiger charge is -2.01. The van der Waals surface area contributed by atoms with Crippen LogP contribution in [-0.4, -0.2) is 23.2 Å². The van der Waals surface area contributed by atoms with Gasteiger partial charge in [0, 0.05) is 17.0 Å². The predicted octanol–water partition coefficient (Wildman–Crippen LogP) is 2.81. The highest BCUT2D eigenvalue weighted by Gasteiger charge is 2.14. The first-order valence-corrected chi connectivity index (χ1v) is 6.52. The Morgan fingerprint density at radius 1 is 1.55 bits per heavy atom. The summed E-state index contributed by atoms with van der Waals surface area (Å²) in [6, 6.07) is 4.62. The molecule has 0 fully saturated rings. The smallest absolute Gasteiger partial charge is 0.311 e. The Balaban J connectivity index is 2.13. The van der Waals surface area contributed by atoms with Crippen LogP contribution < -0.4 is 10.2 Å². The number of hydrazone groups is 1. The van der Waals surface area contributed by atoms with Gasteiger partial charge in [-0.2, -0.15) is 5.10 Å². The Labute approximate surface area is 119 Å². The summed E-state index contributed by atoms with van der Waals surface area (Å²) in [7, 11) is 1.39. The molecule has 0 spiro atoms. The van der Waals surface area contributed by atoms with Crippen LogP contribution in [0.3, 0.4) is 0 Å². The number of thiazole rings is 1. The first-order chi connectivity index (χ1) is 9.60. The van der Waals surface area contributed by atoms with Crippen molar-refractivity contribution in [1.29, 1.82) is 0 Å². The summed E-state index contributed by atoms with van der Waals surface area (Å²) >= 11 is 1.43. The van der Waals surface area contributed by atoms with Gasteiger partial charge in [-0.15, -0.1) is 11.3 Å². The van der Waals surface area contributed by atoms with Crippen molar-refractivity contribution >= 4 is 28.4 Å². The number of nitrogens with one attached hydrogen (secondary N) is 1. The third kappa shape index (κ3) is 3.29. The summed E-state index contributed by atoms with van der Waals surface area (Å²) in [4.78, 5) is 14.6. The van der Waals surface area contributed by atoms with Crippen molar-refractivity contribution in [2.24, 2.45) is 5.10 Å². The third-order valence-electron chi connectivity index (χ3n) is 2.39. The van der Waals surface area contributed by atoms with Crippen molar-refractivity contribution < 1.29 is 9.66 Å². The summed E-state index contributed by atoms with van der Waals surface area (Å²) in [5, 5.41) is 17.4. The van der Waals surface area contributed by atoms with Gasteiger partial charge in [-0.05, 0) is 19.1 Å². The number of ether oxygens (including phenoxy) is 1. The minimum Gasteiger partial charge on any atom is -0.490 e. The first kappa shape index (κ1) is 13.9. The van der Waals surface area contributed by atoms with Crippen molar-refractivity contribution in [2.75, 3.05) is 12.5 Å². The summed E-state index contributed by atoms with van der Waals surface area (Å²) in [6.07, 6.45) is 1.49. The Morgan fingerprint density at radius 3 is 2.95 bits per heavy atom. The number of nitro groups is 1. The Kier molecular flexibility index (Phi) is 4.26. The number of benzene rings is 1. The van der Waals surface area contributed by atoms with Crippen molar-refractivity contribution in [3.63, 3.8) is 0 Å². The highest BCUT2D eigenvalue weighted by atomic mass is 32.1. The summed E-state index contributed by atoms with van der Waals surface area (Å²) in [5.41, 5.74) is 4.18. The quantitative estimate of drug-likeness (QED) is 0.520. The number of hydrogen-bond acceptors (Lipinski definition) is 7. The fraction of sp³-hybridized carbons (Fsp3) is 0.167. The van der Waals surface area contributed by atoms with Crippen molar-refractivity contribution in [2.45, 2.75) is 6.92 Å². The molecule has 1 aromatic carbocycles.